The summed E-state index contributed by atoms with van der Waals surface area (Å²) < 4.78 is 5.04. The summed E-state index contributed by atoms with van der Waals surface area (Å²) in [5.74, 6) is 0.679. The molecule has 0 amide bonds. The van der Waals surface area contributed by atoms with Gasteiger partial charge in [0, 0.05) is 0 Å². The van der Waals surface area contributed by atoms with Crippen LogP contribution in [0.3, 0.4) is 0 Å². The van der Waals surface area contributed by atoms with E-state index in [0.717, 1.165) is 12.8 Å². The number of nitrogens with two attached hydrogens (primary N) is 1. The molecule has 3 nitrogen and oxygen atoms in total. The Morgan fingerprint density at radius 1 is 1.21 bits per heavy atom. The van der Waals surface area contributed by atoms with Crippen molar-refractivity contribution in [3.63, 3.8) is 0 Å². The summed E-state index contributed by atoms with van der Waals surface area (Å²) >= 11 is 0. The van der Waals surface area contributed by atoms with E-state index in [1.54, 1.807) is 0 Å². The van der Waals surface area contributed by atoms with E-state index in [4.69, 9.17) is 15.9 Å². The van der Waals surface area contributed by atoms with Crippen molar-refractivity contribution in [1.29, 1.82) is 5.41 Å². The number of nitrogens with one attached hydrogen (secondary N) is 1. The molecule has 1 aromatic rings. The normalized spacial score (nSPS) is 14.6. The highest BCUT2D eigenvalue weighted by Gasteiger charge is 2.09. The Balaban J connectivity index is 2.24. The Labute approximate surface area is 83.4 Å². The molecule has 0 saturated carbocycles. The monoisotopic (exact) mass is 190 g/mol. The van der Waals surface area contributed by atoms with Crippen LogP contribution in [0, 0.1) is 5.41 Å². The largest absolute Gasteiger partial charge is 0.426 e. The van der Waals surface area contributed by atoms with Gasteiger partial charge < -0.3 is 10.5 Å². The summed E-state index contributed by atoms with van der Waals surface area (Å²) in [7, 11) is 0. The van der Waals surface area contributed by atoms with Crippen molar-refractivity contribution in [3.8, 4) is 5.75 Å². The van der Waals surface area contributed by atoms with Gasteiger partial charge >= 0.3 is 0 Å². The highest BCUT2D eigenvalue weighted by molar-refractivity contribution is 5.70. The van der Waals surface area contributed by atoms with Gasteiger partial charge in [0.25, 0.3) is 6.02 Å². The average molecular weight is 190 g/mol. The molecule has 0 heterocycles. The van der Waals surface area contributed by atoms with Crippen molar-refractivity contribution in [2.45, 2.75) is 25.7 Å². The van der Waals surface area contributed by atoms with Crippen molar-refractivity contribution in [2.24, 2.45) is 5.73 Å². The zero-order valence-corrected chi connectivity index (χ0v) is 8.05. The quantitative estimate of drug-likeness (QED) is 0.524. The van der Waals surface area contributed by atoms with Crippen LogP contribution in [0.15, 0.2) is 18.2 Å². The fourth-order valence-corrected chi connectivity index (χ4v) is 1.90. The van der Waals surface area contributed by atoms with Crippen molar-refractivity contribution in [2.75, 3.05) is 0 Å². The molecule has 3 N–H and O–H groups in total. The zero-order valence-electron chi connectivity index (χ0n) is 8.05. The second kappa shape index (κ2) is 3.70. The summed E-state index contributed by atoms with van der Waals surface area (Å²) in [6, 6.07) is 5.70. The number of hydrogen-bond acceptors (Lipinski definition) is 2. The van der Waals surface area contributed by atoms with E-state index >= 15 is 0 Å². The third kappa shape index (κ3) is 1.87. The third-order valence-corrected chi connectivity index (χ3v) is 2.55. The molecule has 0 bridgehead atoms. The Morgan fingerprint density at radius 2 is 1.93 bits per heavy atom. The molecule has 2 rings (SSSR count). The maximum atomic E-state index is 7.03. The van der Waals surface area contributed by atoms with Crippen LogP contribution >= 0.6 is 0 Å². The molecule has 1 aliphatic carbocycles. The van der Waals surface area contributed by atoms with Crippen LogP contribution in [0.25, 0.3) is 0 Å². The van der Waals surface area contributed by atoms with E-state index < -0.39 is 0 Å². The highest BCUT2D eigenvalue weighted by atomic mass is 16.5. The maximum absolute atomic E-state index is 7.03. The molecule has 0 spiro atoms. The van der Waals surface area contributed by atoms with Gasteiger partial charge in [-0.05, 0) is 48.9 Å². The van der Waals surface area contributed by atoms with E-state index in [1.807, 2.05) is 12.1 Å². The molecule has 3 heteroatoms. The Hall–Kier alpha value is -1.51. The van der Waals surface area contributed by atoms with Crippen LogP contribution in [-0.4, -0.2) is 6.02 Å². The summed E-state index contributed by atoms with van der Waals surface area (Å²) in [6.45, 7) is 0. The van der Waals surface area contributed by atoms with Crippen LogP contribution in [0.5, 0.6) is 5.75 Å². The molecule has 0 unspecified atom stereocenters. The van der Waals surface area contributed by atoms with Crippen LogP contribution in [-0.2, 0) is 12.8 Å². The molecular weight excluding hydrogens is 176 g/mol. The first-order valence-corrected chi connectivity index (χ1v) is 4.89. The van der Waals surface area contributed by atoms with E-state index in [-0.39, 0.29) is 6.02 Å². The predicted molar refractivity (Wildman–Crippen MR) is 55.6 cm³/mol. The Morgan fingerprint density at radius 3 is 2.64 bits per heavy atom. The van der Waals surface area contributed by atoms with Gasteiger partial charge in [-0.3, -0.25) is 5.41 Å². The molecule has 0 fully saturated rings. The topological polar surface area (TPSA) is 59.1 Å². The van der Waals surface area contributed by atoms with E-state index in [0.29, 0.717) is 5.75 Å². The number of rotatable bonds is 1. The molecule has 0 aromatic heterocycles. The number of amidine groups is 1. The lowest BCUT2D eigenvalue weighted by Gasteiger charge is -2.16. The third-order valence-electron chi connectivity index (χ3n) is 2.55. The van der Waals surface area contributed by atoms with Crippen molar-refractivity contribution >= 4 is 6.02 Å². The minimum absolute atomic E-state index is 0.249. The summed E-state index contributed by atoms with van der Waals surface area (Å²) in [4.78, 5) is 0. The van der Waals surface area contributed by atoms with Crippen LogP contribution in [0.4, 0.5) is 0 Å². The van der Waals surface area contributed by atoms with Crippen LogP contribution in [0.2, 0.25) is 0 Å². The van der Waals surface area contributed by atoms with Crippen LogP contribution < -0.4 is 10.5 Å². The lowest BCUT2D eigenvalue weighted by molar-refractivity contribution is 0.534. The Kier molecular flexibility index (Phi) is 2.39. The molecule has 1 aromatic carbocycles. The fraction of sp³-hybridized carbons (Fsp3) is 0.364. The molecule has 0 radical (unpaired) electrons. The zero-order chi connectivity index (χ0) is 9.97. The van der Waals surface area contributed by atoms with Crippen molar-refractivity contribution in [3.05, 3.63) is 29.3 Å². The van der Waals surface area contributed by atoms with Crippen molar-refractivity contribution in [1.82, 2.24) is 0 Å². The minimum atomic E-state index is -0.249. The number of benzene rings is 1. The van der Waals surface area contributed by atoms with Gasteiger partial charge in [0.05, 0.1) is 0 Å². The van der Waals surface area contributed by atoms with Gasteiger partial charge in [0.2, 0.25) is 0 Å². The molecule has 0 saturated heterocycles. The van der Waals surface area contributed by atoms with E-state index in [2.05, 4.69) is 6.07 Å². The van der Waals surface area contributed by atoms with Gasteiger partial charge in [0.15, 0.2) is 0 Å². The van der Waals surface area contributed by atoms with Gasteiger partial charge in [-0.1, -0.05) is 6.07 Å². The molecular formula is C11H14N2O. The first-order chi connectivity index (χ1) is 6.75. The smallest absolute Gasteiger partial charge is 0.284 e. The average Bonchev–Trinajstić information content (AvgIpc) is 2.17. The molecule has 14 heavy (non-hydrogen) atoms. The van der Waals surface area contributed by atoms with Gasteiger partial charge in [-0.25, -0.2) is 0 Å². The number of aryl methyl sites for hydroxylation is 2. The first kappa shape index (κ1) is 9.06. The number of hydrogen-bond donors (Lipinski definition) is 2. The predicted octanol–water partition coefficient (Wildman–Crippen LogP) is 1.84. The van der Waals surface area contributed by atoms with E-state index in [9.17, 15) is 0 Å². The Bertz CT molecular complexity index is 360. The van der Waals surface area contributed by atoms with Gasteiger partial charge in [-0.15, -0.1) is 0 Å². The molecule has 1 aliphatic rings. The second-order valence-electron chi connectivity index (χ2n) is 3.60. The van der Waals surface area contributed by atoms with Crippen molar-refractivity contribution < 1.29 is 4.74 Å². The highest BCUT2D eigenvalue weighted by Crippen LogP contribution is 2.25. The van der Waals surface area contributed by atoms with Crippen LogP contribution in [0.1, 0.15) is 24.0 Å². The standard InChI is InChI=1S/C11H14N2O/c12-11(13)14-10-6-5-8-3-1-2-4-9(8)7-10/h5-7H,1-4H2,(H3,12,13). The second-order valence-corrected chi connectivity index (χ2v) is 3.60. The summed E-state index contributed by atoms with van der Waals surface area (Å²) in [5.41, 5.74) is 7.91. The van der Waals surface area contributed by atoms with E-state index in [1.165, 1.54) is 24.0 Å². The minimum Gasteiger partial charge on any atom is -0.426 e. The number of ether oxygens (including phenoxy) is 1. The molecule has 74 valence electrons. The SMILES string of the molecule is N=C(N)Oc1ccc2c(c1)CCCC2. The lowest BCUT2D eigenvalue weighted by atomic mass is 9.92. The van der Waals surface area contributed by atoms with Gasteiger partial charge in [0.1, 0.15) is 5.75 Å². The maximum Gasteiger partial charge on any atom is 0.284 e. The fourth-order valence-electron chi connectivity index (χ4n) is 1.90. The van der Waals surface area contributed by atoms with Gasteiger partial charge in [-0.2, -0.15) is 0 Å². The molecule has 0 atom stereocenters. The summed E-state index contributed by atoms with van der Waals surface area (Å²) in [5, 5.41) is 7.03. The summed E-state index contributed by atoms with van der Waals surface area (Å²) in [6.07, 6.45) is 4.80. The first-order valence-electron chi connectivity index (χ1n) is 4.89. The molecule has 0 aliphatic heterocycles. The number of fused-ring (bicyclic) bond motifs is 1. The lowest BCUT2D eigenvalue weighted by Crippen LogP contribution is -2.17.